The summed E-state index contributed by atoms with van der Waals surface area (Å²) in [4.78, 5) is 16.8. The summed E-state index contributed by atoms with van der Waals surface area (Å²) < 4.78 is 7.70. The molecule has 0 aliphatic heterocycles. The fourth-order valence-electron chi connectivity index (χ4n) is 2.56. The Morgan fingerprint density at radius 2 is 2.03 bits per heavy atom. The van der Waals surface area contributed by atoms with Crippen molar-refractivity contribution in [2.45, 2.75) is 42.7 Å². The van der Waals surface area contributed by atoms with Crippen LogP contribution in [0.3, 0.4) is 0 Å². The zero-order chi connectivity index (χ0) is 20.5. The molecule has 1 unspecified atom stereocenters. The lowest BCUT2D eigenvalue weighted by Gasteiger charge is -2.07. The highest BCUT2D eigenvalue weighted by atomic mass is 32.2. The number of nitrogens with zero attached hydrogens (tertiary/aromatic N) is 2. The number of unbranched alkanes of at least 4 members (excludes halogenated alkanes) is 2. The molecule has 1 heterocycles. The van der Waals surface area contributed by atoms with Gasteiger partial charge in [-0.15, -0.1) is 11.3 Å². The minimum absolute atomic E-state index is 0.151. The number of para-hydroxylation sites is 1. The van der Waals surface area contributed by atoms with Crippen LogP contribution in [-0.4, -0.2) is 29.0 Å². The largest absolute Gasteiger partial charge is 0.494 e. The first kappa shape index (κ1) is 21.3. The van der Waals surface area contributed by atoms with Crippen molar-refractivity contribution in [3.63, 3.8) is 0 Å². The Morgan fingerprint density at radius 3 is 2.79 bits per heavy atom. The molecule has 1 atom stereocenters. The number of fused-ring (bicyclic) bond motifs is 1. The molecule has 0 bridgehead atoms. The Morgan fingerprint density at radius 1 is 1.24 bits per heavy atom. The summed E-state index contributed by atoms with van der Waals surface area (Å²) in [5.41, 5.74) is 4.47. The summed E-state index contributed by atoms with van der Waals surface area (Å²) in [5, 5.41) is 3.78. The molecule has 5 nitrogen and oxygen atoms in total. The van der Waals surface area contributed by atoms with Gasteiger partial charge in [-0.2, -0.15) is 5.10 Å². The van der Waals surface area contributed by atoms with Gasteiger partial charge in [0.15, 0.2) is 4.34 Å². The molecule has 1 aromatic heterocycles. The first-order valence-electron chi connectivity index (χ1n) is 9.73. The number of thioether (sulfide) groups is 1. The number of ether oxygens (including phenoxy) is 1. The van der Waals surface area contributed by atoms with Gasteiger partial charge in [0.05, 0.1) is 28.3 Å². The highest BCUT2D eigenvalue weighted by Crippen LogP contribution is 2.31. The number of thiazole rings is 1. The van der Waals surface area contributed by atoms with Crippen molar-refractivity contribution in [3.8, 4) is 5.75 Å². The van der Waals surface area contributed by atoms with E-state index in [0.29, 0.717) is 0 Å². The molecule has 0 aliphatic rings. The highest BCUT2D eigenvalue weighted by molar-refractivity contribution is 8.02. The maximum Gasteiger partial charge on any atom is 0.253 e. The SMILES string of the molecule is CCCCCOc1ccc(/C=N/NC(=O)C(C)Sc2nc3ccccc3s2)cc1. The Hall–Kier alpha value is -2.38. The molecule has 0 saturated heterocycles. The van der Waals surface area contributed by atoms with Crippen LogP contribution in [0.1, 0.15) is 38.7 Å². The van der Waals surface area contributed by atoms with Crippen molar-refractivity contribution in [2.24, 2.45) is 5.10 Å². The van der Waals surface area contributed by atoms with Gasteiger partial charge in [0.1, 0.15) is 5.75 Å². The summed E-state index contributed by atoms with van der Waals surface area (Å²) in [6.07, 6.45) is 5.06. The van der Waals surface area contributed by atoms with Crippen molar-refractivity contribution in [1.82, 2.24) is 10.4 Å². The molecule has 0 saturated carbocycles. The third-order valence-corrected chi connectivity index (χ3v) is 6.44. The topological polar surface area (TPSA) is 63.6 Å². The van der Waals surface area contributed by atoms with E-state index in [0.717, 1.165) is 38.9 Å². The summed E-state index contributed by atoms with van der Waals surface area (Å²) in [7, 11) is 0. The molecular formula is C22H25N3O2S2. The van der Waals surface area contributed by atoms with Crippen molar-refractivity contribution in [1.29, 1.82) is 0 Å². The molecule has 0 radical (unpaired) electrons. The number of benzene rings is 2. The monoisotopic (exact) mass is 427 g/mol. The van der Waals surface area contributed by atoms with E-state index in [1.807, 2.05) is 55.5 Å². The van der Waals surface area contributed by atoms with Crippen LogP contribution in [0.4, 0.5) is 0 Å². The van der Waals surface area contributed by atoms with Gasteiger partial charge in [-0.1, -0.05) is 43.7 Å². The van der Waals surface area contributed by atoms with Crippen LogP contribution in [0.5, 0.6) is 5.75 Å². The molecule has 0 aliphatic carbocycles. The standard InChI is InChI=1S/C22H25N3O2S2/c1-3-4-7-14-27-18-12-10-17(11-13-18)15-23-25-21(26)16(2)28-22-24-19-8-5-6-9-20(19)29-22/h5-6,8-13,15-16H,3-4,7,14H2,1-2H3,(H,25,26)/b23-15+. The second-order valence-corrected chi connectivity index (χ2v) is 9.19. The molecule has 0 fully saturated rings. The number of hydrazone groups is 1. The van der Waals surface area contributed by atoms with Crippen molar-refractivity contribution in [3.05, 3.63) is 54.1 Å². The van der Waals surface area contributed by atoms with E-state index in [9.17, 15) is 4.79 Å². The van der Waals surface area contributed by atoms with Crippen molar-refractivity contribution in [2.75, 3.05) is 6.61 Å². The van der Waals surface area contributed by atoms with E-state index in [-0.39, 0.29) is 11.2 Å². The molecular weight excluding hydrogens is 402 g/mol. The number of carbonyl (C=O) groups is 1. The normalized spacial score (nSPS) is 12.3. The second kappa shape index (κ2) is 11.0. The van der Waals surface area contributed by atoms with E-state index in [1.165, 1.54) is 24.6 Å². The first-order valence-corrected chi connectivity index (χ1v) is 11.4. The number of amides is 1. The molecule has 2 aromatic carbocycles. The zero-order valence-electron chi connectivity index (χ0n) is 16.6. The highest BCUT2D eigenvalue weighted by Gasteiger charge is 2.16. The average Bonchev–Trinajstić information content (AvgIpc) is 3.14. The Balaban J connectivity index is 1.45. The Bertz CT molecular complexity index is 921. The fraction of sp³-hybridized carbons (Fsp3) is 0.318. The van der Waals surface area contributed by atoms with Crippen molar-refractivity contribution < 1.29 is 9.53 Å². The molecule has 1 N–H and O–H groups in total. The molecule has 152 valence electrons. The van der Waals surface area contributed by atoms with Gasteiger partial charge >= 0.3 is 0 Å². The van der Waals surface area contributed by atoms with Gasteiger partial charge in [-0.3, -0.25) is 4.79 Å². The molecule has 3 rings (SSSR count). The van der Waals surface area contributed by atoms with Gasteiger partial charge in [-0.05, 0) is 55.3 Å². The van der Waals surface area contributed by atoms with Crippen LogP contribution in [0.25, 0.3) is 10.2 Å². The molecule has 29 heavy (non-hydrogen) atoms. The Kier molecular flexibility index (Phi) is 8.07. The maximum absolute atomic E-state index is 12.3. The Labute approximate surface area is 179 Å². The molecule has 0 spiro atoms. The van der Waals surface area contributed by atoms with Gasteiger partial charge < -0.3 is 4.74 Å². The first-order chi connectivity index (χ1) is 14.2. The summed E-state index contributed by atoms with van der Waals surface area (Å²) in [5.74, 6) is 0.699. The number of hydrogen-bond donors (Lipinski definition) is 1. The van der Waals surface area contributed by atoms with E-state index < -0.39 is 0 Å². The van der Waals surface area contributed by atoms with E-state index in [2.05, 4.69) is 22.4 Å². The predicted octanol–water partition coefficient (Wildman–Crippen LogP) is 5.50. The van der Waals surface area contributed by atoms with E-state index >= 15 is 0 Å². The van der Waals surface area contributed by atoms with Crippen LogP contribution in [0.15, 0.2) is 58.0 Å². The van der Waals surface area contributed by atoms with Gasteiger partial charge in [-0.25, -0.2) is 10.4 Å². The lowest BCUT2D eigenvalue weighted by Crippen LogP contribution is -2.26. The summed E-state index contributed by atoms with van der Waals surface area (Å²) >= 11 is 3.04. The van der Waals surface area contributed by atoms with Gasteiger partial charge in [0.25, 0.3) is 5.91 Å². The van der Waals surface area contributed by atoms with Gasteiger partial charge in [0.2, 0.25) is 0 Å². The molecule has 1 amide bonds. The minimum atomic E-state index is -0.286. The second-order valence-electron chi connectivity index (χ2n) is 6.57. The van der Waals surface area contributed by atoms with Crippen LogP contribution < -0.4 is 10.2 Å². The van der Waals surface area contributed by atoms with E-state index in [4.69, 9.17) is 4.74 Å². The van der Waals surface area contributed by atoms with Crippen LogP contribution in [0.2, 0.25) is 0 Å². The van der Waals surface area contributed by atoms with Crippen LogP contribution in [0, 0.1) is 0 Å². The third kappa shape index (κ3) is 6.58. The lowest BCUT2D eigenvalue weighted by atomic mass is 10.2. The smallest absolute Gasteiger partial charge is 0.253 e. The zero-order valence-corrected chi connectivity index (χ0v) is 18.3. The van der Waals surface area contributed by atoms with Crippen LogP contribution >= 0.6 is 23.1 Å². The summed E-state index contributed by atoms with van der Waals surface area (Å²) in [6, 6.07) is 15.6. The number of hydrogen-bond acceptors (Lipinski definition) is 6. The predicted molar refractivity (Wildman–Crippen MR) is 122 cm³/mol. The minimum Gasteiger partial charge on any atom is -0.494 e. The molecule has 3 aromatic rings. The third-order valence-electron chi connectivity index (χ3n) is 4.21. The van der Waals surface area contributed by atoms with E-state index in [1.54, 1.807) is 17.6 Å². The number of carbonyl (C=O) groups excluding carboxylic acids is 1. The number of nitrogens with one attached hydrogen (secondary N) is 1. The molecule has 7 heteroatoms. The number of rotatable bonds is 10. The summed E-state index contributed by atoms with van der Waals surface area (Å²) in [6.45, 7) is 4.76. The van der Waals surface area contributed by atoms with Crippen molar-refractivity contribution >= 4 is 45.4 Å². The lowest BCUT2D eigenvalue weighted by molar-refractivity contribution is -0.120. The fourth-order valence-corrected chi connectivity index (χ4v) is 4.76. The van der Waals surface area contributed by atoms with Gasteiger partial charge in [0, 0.05) is 0 Å². The maximum atomic E-state index is 12.3. The average molecular weight is 428 g/mol. The number of aromatic nitrogens is 1. The quantitative estimate of drug-likeness (QED) is 0.201. The van der Waals surface area contributed by atoms with Crippen LogP contribution in [-0.2, 0) is 4.79 Å².